The van der Waals surface area contributed by atoms with Crippen molar-refractivity contribution >= 4 is 21.7 Å². The Morgan fingerprint density at radius 2 is 2.14 bits per heavy atom. The molecule has 0 aromatic heterocycles. The van der Waals surface area contributed by atoms with Crippen LogP contribution in [0.15, 0.2) is 16.6 Å². The molecule has 0 aliphatic carbocycles. The molecule has 76 valence electrons. The molecule has 1 aromatic carbocycles. The maximum atomic E-state index is 11.1. The first kappa shape index (κ1) is 11.2. The van der Waals surface area contributed by atoms with E-state index < -0.39 is 0 Å². The molecule has 0 N–H and O–H groups in total. The van der Waals surface area contributed by atoms with Crippen LogP contribution in [-0.2, 0) is 11.2 Å². The quantitative estimate of drug-likeness (QED) is 0.832. The van der Waals surface area contributed by atoms with Crippen LogP contribution in [0.4, 0.5) is 0 Å². The average molecular weight is 257 g/mol. The minimum atomic E-state index is 0.143. The highest BCUT2D eigenvalue weighted by molar-refractivity contribution is 9.10. The molecular weight excluding hydrogens is 244 g/mol. The van der Waals surface area contributed by atoms with E-state index in [1.165, 1.54) is 0 Å². The lowest BCUT2D eigenvalue weighted by atomic mass is 10.0. The summed E-state index contributed by atoms with van der Waals surface area (Å²) in [7, 11) is 1.61. The van der Waals surface area contributed by atoms with Crippen LogP contribution < -0.4 is 4.74 Å². The van der Waals surface area contributed by atoms with Gasteiger partial charge < -0.3 is 4.74 Å². The van der Waals surface area contributed by atoms with Crippen LogP contribution in [0.25, 0.3) is 0 Å². The van der Waals surface area contributed by atoms with Crippen molar-refractivity contribution in [2.75, 3.05) is 7.11 Å². The third kappa shape index (κ3) is 2.35. The predicted molar refractivity (Wildman–Crippen MR) is 59.8 cm³/mol. The number of rotatable bonds is 3. The number of methoxy groups -OCH3 is 1. The van der Waals surface area contributed by atoms with Crippen LogP contribution in [0.1, 0.15) is 18.1 Å². The number of halogens is 1. The van der Waals surface area contributed by atoms with Gasteiger partial charge in [0, 0.05) is 12.0 Å². The second-order valence-electron chi connectivity index (χ2n) is 3.25. The number of carbonyl (C=O) groups is 1. The van der Waals surface area contributed by atoms with Gasteiger partial charge in [0.1, 0.15) is 11.5 Å². The van der Waals surface area contributed by atoms with E-state index in [0.717, 1.165) is 21.3 Å². The van der Waals surface area contributed by atoms with Gasteiger partial charge in [0.25, 0.3) is 0 Å². The Morgan fingerprint density at radius 1 is 1.50 bits per heavy atom. The van der Waals surface area contributed by atoms with Gasteiger partial charge >= 0.3 is 0 Å². The zero-order valence-corrected chi connectivity index (χ0v) is 10.1. The summed E-state index contributed by atoms with van der Waals surface area (Å²) in [5.74, 6) is 0.907. The maximum absolute atomic E-state index is 11.1. The van der Waals surface area contributed by atoms with Crippen LogP contribution >= 0.6 is 15.9 Å². The molecule has 1 aromatic rings. The van der Waals surface area contributed by atoms with Gasteiger partial charge in [-0.05, 0) is 41.4 Å². The Balaban J connectivity index is 3.22. The van der Waals surface area contributed by atoms with Gasteiger partial charge in [-0.25, -0.2) is 0 Å². The van der Waals surface area contributed by atoms with Gasteiger partial charge in [-0.1, -0.05) is 6.07 Å². The molecule has 0 aliphatic heterocycles. The van der Waals surface area contributed by atoms with Gasteiger partial charge in [0.2, 0.25) is 0 Å². The number of ketones is 1. The zero-order chi connectivity index (χ0) is 10.7. The van der Waals surface area contributed by atoms with E-state index in [4.69, 9.17) is 4.74 Å². The van der Waals surface area contributed by atoms with Crippen molar-refractivity contribution in [3.8, 4) is 5.75 Å². The lowest BCUT2D eigenvalue weighted by molar-refractivity contribution is -0.116. The Bertz CT molecular complexity index is 359. The lowest BCUT2D eigenvalue weighted by Crippen LogP contribution is -2.02. The highest BCUT2D eigenvalue weighted by Gasteiger charge is 2.11. The molecule has 3 heteroatoms. The number of aryl methyl sites for hydroxylation is 1. The van der Waals surface area contributed by atoms with E-state index in [2.05, 4.69) is 15.9 Å². The van der Waals surface area contributed by atoms with Crippen LogP contribution in [0.2, 0.25) is 0 Å². The summed E-state index contributed by atoms with van der Waals surface area (Å²) in [5, 5.41) is 0. The molecule has 0 saturated carbocycles. The molecule has 0 fully saturated rings. The molecule has 0 aliphatic rings. The summed E-state index contributed by atoms with van der Waals surface area (Å²) in [6.45, 7) is 3.56. The Morgan fingerprint density at radius 3 is 2.64 bits per heavy atom. The van der Waals surface area contributed by atoms with Crippen LogP contribution in [0.3, 0.4) is 0 Å². The van der Waals surface area contributed by atoms with Crippen molar-refractivity contribution in [1.29, 1.82) is 0 Å². The maximum Gasteiger partial charge on any atom is 0.136 e. The van der Waals surface area contributed by atoms with Crippen LogP contribution in [0.5, 0.6) is 5.75 Å². The standard InChI is InChI=1S/C11H13BrO2/c1-7-4-5-10(12)11(14-3)9(7)6-8(2)13/h4-5H,6H2,1-3H3. The highest BCUT2D eigenvalue weighted by Crippen LogP contribution is 2.31. The molecule has 0 bridgehead atoms. The Kier molecular flexibility index (Phi) is 3.69. The monoisotopic (exact) mass is 256 g/mol. The molecule has 0 radical (unpaired) electrons. The molecule has 2 nitrogen and oxygen atoms in total. The first-order chi connectivity index (χ1) is 6.56. The number of carbonyl (C=O) groups excluding carboxylic acids is 1. The molecule has 0 heterocycles. The molecule has 0 atom stereocenters. The van der Waals surface area contributed by atoms with E-state index >= 15 is 0 Å². The SMILES string of the molecule is COc1c(Br)ccc(C)c1CC(C)=O. The van der Waals surface area contributed by atoms with Crippen molar-refractivity contribution in [3.63, 3.8) is 0 Å². The van der Waals surface area contributed by atoms with Crippen molar-refractivity contribution in [3.05, 3.63) is 27.7 Å². The fourth-order valence-corrected chi connectivity index (χ4v) is 1.92. The molecule has 0 amide bonds. The molecule has 14 heavy (non-hydrogen) atoms. The topological polar surface area (TPSA) is 26.3 Å². The normalized spacial score (nSPS) is 10.0. The zero-order valence-electron chi connectivity index (χ0n) is 8.56. The van der Waals surface area contributed by atoms with Gasteiger partial charge in [-0.3, -0.25) is 4.79 Å². The molecular formula is C11H13BrO2. The minimum Gasteiger partial charge on any atom is -0.495 e. The van der Waals surface area contributed by atoms with E-state index in [-0.39, 0.29) is 5.78 Å². The van der Waals surface area contributed by atoms with E-state index in [1.54, 1.807) is 14.0 Å². The van der Waals surface area contributed by atoms with Crippen molar-refractivity contribution in [2.45, 2.75) is 20.3 Å². The van der Waals surface area contributed by atoms with Crippen molar-refractivity contribution < 1.29 is 9.53 Å². The highest BCUT2D eigenvalue weighted by atomic mass is 79.9. The van der Waals surface area contributed by atoms with Gasteiger partial charge in [-0.2, -0.15) is 0 Å². The molecule has 0 saturated heterocycles. The second-order valence-corrected chi connectivity index (χ2v) is 4.11. The van der Waals surface area contributed by atoms with E-state index in [0.29, 0.717) is 6.42 Å². The Labute approximate surface area is 92.4 Å². The summed E-state index contributed by atoms with van der Waals surface area (Å²) >= 11 is 3.40. The second kappa shape index (κ2) is 4.60. The third-order valence-electron chi connectivity index (χ3n) is 2.08. The summed E-state index contributed by atoms with van der Waals surface area (Å²) in [6.07, 6.45) is 0.425. The summed E-state index contributed by atoms with van der Waals surface area (Å²) in [6, 6.07) is 3.91. The number of Topliss-reactive ketones (excluding diaryl/α,β-unsaturated/α-hetero) is 1. The first-order valence-electron chi connectivity index (χ1n) is 4.37. The van der Waals surface area contributed by atoms with Crippen LogP contribution in [0, 0.1) is 6.92 Å². The molecule has 1 rings (SSSR count). The number of ether oxygens (including phenoxy) is 1. The lowest BCUT2D eigenvalue weighted by Gasteiger charge is -2.11. The average Bonchev–Trinajstić information content (AvgIpc) is 2.11. The largest absolute Gasteiger partial charge is 0.495 e. The smallest absolute Gasteiger partial charge is 0.136 e. The van der Waals surface area contributed by atoms with E-state index in [9.17, 15) is 4.79 Å². The van der Waals surface area contributed by atoms with Crippen molar-refractivity contribution in [2.24, 2.45) is 0 Å². The fourth-order valence-electron chi connectivity index (χ4n) is 1.39. The molecule has 0 spiro atoms. The van der Waals surface area contributed by atoms with Crippen molar-refractivity contribution in [1.82, 2.24) is 0 Å². The Hall–Kier alpha value is -0.830. The number of hydrogen-bond donors (Lipinski definition) is 0. The molecule has 0 unspecified atom stereocenters. The van der Waals surface area contributed by atoms with Gasteiger partial charge in [0.15, 0.2) is 0 Å². The number of benzene rings is 1. The summed E-state index contributed by atoms with van der Waals surface area (Å²) in [4.78, 5) is 11.1. The summed E-state index contributed by atoms with van der Waals surface area (Å²) in [5.41, 5.74) is 2.05. The third-order valence-corrected chi connectivity index (χ3v) is 2.70. The number of hydrogen-bond acceptors (Lipinski definition) is 2. The predicted octanol–water partition coefficient (Wildman–Crippen LogP) is 2.90. The minimum absolute atomic E-state index is 0.143. The van der Waals surface area contributed by atoms with Crippen LogP contribution in [-0.4, -0.2) is 12.9 Å². The first-order valence-corrected chi connectivity index (χ1v) is 5.17. The fraction of sp³-hybridized carbons (Fsp3) is 0.364. The van der Waals surface area contributed by atoms with E-state index in [1.807, 2.05) is 19.1 Å². The summed E-state index contributed by atoms with van der Waals surface area (Å²) < 4.78 is 6.15. The van der Waals surface area contributed by atoms with Gasteiger partial charge in [-0.15, -0.1) is 0 Å². The van der Waals surface area contributed by atoms with Gasteiger partial charge in [0.05, 0.1) is 11.6 Å².